The van der Waals surface area contributed by atoms with Crippen LogP contribution in [-0.4, -0.2) is 73.8 Å². The van der Waals surface area contributed by atoms with Crippen molar-refractivity contribution in [2.45, 2.75) is 50.2 Å². The molecule has 1 fully saturated rings. The predicted molar refractivity (Wildman–Crippen MR) is 57.1 cm³/mol. The molecule has 0 amide bonds. The van der Waals surface area contributed by atoms with E-state index in [0.29, 0.717) is 0 Å². The van der Waals surface area contributed by atoms with Crippen LogP contribution in [-0.2, 0) is 19.1 Å². The Balaban J connectivity index is 2.89. The van der Waals surface area contributed by atoms with Gasteiger partial charge in [-0.1, -0.05) is 0 Å². The van der Waals surface area contributed by atoms with Gasteiger partial charge >= 0.3 is 11.9 Å². The van der Waals surface area contributed by atoms with E-state index in [9.17, 15) is 24.9 Å². The molecule has 5 N–H and O–H groups in total. The minimum atomic E-state index is -1.85. The molecule has 5 unspecified atom stereocenters. The van der Waals surface area contributed by atoms with Crippen molar-refractivity contribution in [3.8, 4) is 0 Å². The normalized spacial score (nSPS) is 35.9. The largest absolute Gasteiger partial charge is 0.479 e. The van der Waals surface area contributed by atoms with Gasteiger partial charge in [-0.05, 0) is 13.8 Å². The van der Waals surface area contributed by atoms with Crippen LogP contribution in [0, 0.1) is 0 Å². The summed E-state index contributed by atoms with van der Waals surface area (Å²) in [6.07, 6.45) is -8.97. The van der Waals surface area contributed by atoms with Gasteiger partial charge in [0.2, 0.25) is 0 Å². The summed E-state index contributed by atoms with van der Waals surface area (Å²) in [6.45, 7) is 2.33. The van der Waals surface area contributed by atoms with E-state index >= 15 is 0 Å². The van der Waals surface area contributed by atoms with Crippen LogP contribution in [0.1, 0.15) is 13.8 Å². The molecule has 0 aromatic heterocycles. The third-order valence-electron chi connectivity index (χ3n) is 2.74. The summed E-state index contributed by atoms with van der Waals surface area (Å²) in [5.74, 6) is -2.93. The Bertz CT molecular complexity index is 366. The number of carboxylic acid groups (broad SMARTS) is 2. The number of ether oxygens (including phenoxy) is 2. The standard InChI is InChI=1S/C10H16O9/c1-10(2,9(16)17)19-8-5(13)3(11)4(12)6(18-8)7(14)15/h3-6,8,11-13H,1-2H3,(H,14,15)(H,16,17). The second-order valence-corrected chi connectivity index (χ2v) is 4.67. The maximum absolute atomic E-state index is 10.9. The monoisotopic (exact) mass is 280 g/mol. The van der Waals surface area contributed by atoms with Crippen molar-refractivity contribution in [3.63, 3.8) is 0 Å². The number of hydrogen-bond donors (Lipinski definition) is 5. The van der Waals surface area contributed by atoms with E-state index in [0.717, 1.165) is 0 Å². The summed E-state index contributed by atoms with van der Waals surface area (Å²) in [4.78, 5) is 21.7. The van der Waals surface area contributed by atoms with Crippen LogP contribution in [0.25, 0.3) is 0 Å². The molecular weight excluding hydrogens is 264 g/mol. The fraction of sp³-hybridized carbons (Fsp3) is 0.800. The van der Waals surface area contributed by atoms with Crippen LogP contribution in [0.15, 0.2) is 0 Å². The Labute approximate surface area is 108 Å². The first-order chi connectivity index (χ1) is 8.58. The smallest absolute Gasteiger partial charge is 0.335 e. The van der Waals surface area contributed by atoms with Crippen molar-refractivity contribution in [2.24, 2.45) is 0 Å². The molecule has 0 aromatic rings. The van der Waals surface area contributed by atoms with Crippen molar-refractivity contribution in [1.82, 2.24) is 0 Å². The van der Waals surface area contributed by atoms with Gasteiger partial charge in [0.25, 0.3) is 0 Å². The Morgan fingerprint density at radius 3 is 2.00 bits per heavy atom. The molecule has 1 saturated heterocycles. The second kappa shape index (κ2) is 5.39. The van der Waals surface area contributed by atoms with E-state index < -0.39 is 48.2 Å². The molecule has 1 heterocycles. The van der Waals surface area contributed by atoms with Crippen LogP contribution in [0.3, 0.4) is 0 Å². The number of hydrogen-bond acceptors (Lipinski definition) is 7. The van der Waals surface area contributed by atoms with Gasteiger partial charge in [-0.3, -0.25) is 0 Å². The molecule has 0 aromatic carbocycles. The molecule has 0 radical (unpaired) electrons. The fourth-order valence-electron chi connectivity index (χ4n) is 1.49. The first kappa shape index (κ1) is 15.8. The van der Waals surface area contributed by atoms with Gasteiger partial charge in [-0.2, -0.15) is 0 Å². The lowest BCUT2D eigenvalue weighted by atomic mass is 9.98. The number of aliphatic hydroxyl groups is 3. The fourth-order valence-corrected chi connectivity index (χ4v) is 1.49. The molecule has 0 aliphatic carbocycles. The first-order valence-electron chi connectivity index (χ1n) is 5.41. The minimum absolute atomic E-state index is 1.17. The topological polar surface area (TPSA) is 154 Å². The Kier molecular flexibility index (Phi) is 4.48. The zero-order chi connectivity index (χ0) is 15.0. The van der Waals surface area contributed by atoms with Gasteiger partial charge in [0.1, 0.15) is 18.3 Å². The van der Waals surface area contributed by atoms with Gasteiger partial charge in [0.05, 0.1) is 0 Å². The van der Waals surface area contributed by atoms with Crippen molar-refractivity contribution in [3.05, 3.63) is 0 Å². The van der Waals surface area contributed by atoms with Gasteiger partial charge in [0, 0.05) is 0 Å². The number of carboxylic acids is 2. The van der Waals surface area contributed by atoms with Crippen LogP contribution >= 0.6 is 0 Å². The highest BCUT2D eigenvalue weighted by Gasteiger charge is 2.49. The predicted octanol–water partition coefficient (Wildman–Crippen LogP) is -2.24. The molecule has 0 spiro atoms. The quantitative estimate of drug-likeness (QED) is 0.384. The molecule has 9 heteroatoms. The summed E-state index contributed by atoms with van der Waals surface area (Å²) in [7, 11) is 0. The summed E-state index contributed by atoms with van der Waals surface area (Å²) < 4.78 is 9.73. The highest BCUT2D eigenvalue weighted by Crippen LogP contribution is 2.26. The molecule has 0 saturated carbocycles. The van der Waals surface area contributed by atoms with Gasteiger partial charge in [-0.25, -0.2) is 9.59 Å². The highest BCUT2D eigenvalue weighted by molar-refractivity contribution is 5.76. The lowest BCUT2D eigenvalue weighted by Gasteiger charge is -2.40. The third-order valence-corrected chi connectivity index (χ3v) is 2.74. The summed E-state index contributed by atoms with van der Waals surface area (Å²) >= 11 is 0. The average Bonchev–Trinajstić information content (AvgIpc) is 2.29. The lowest BCUT2D eigenvalue weighted by Crippen LogP contribution is -2.62. The number of aliphatic hydroxyl groups excluding tert-OH is 3. The molecule has 0 bridgehead atoms. The Morgan fingerprint density at radius 2 is 1.58 bits per heavy atom. The summed E-state index contributed by atoms with van der Waals surface area (Å²) in [6, 6.07) is 0. The lowest BCUT2D eigenvalue weighted by molar-refractivity contribution is -0.313. The van der Waals surface area contributed by atoms with E-state index in [1.807, 2.05) is 0 Å². The summed E-state index contributed by atoms with van der Waals surface area (Å²) in [5, 5.41) is 46.2. The minimum Gasteiger partial charge on any atom is -0.479 e. The first-order valence-corrected chi connectivity index (χ1v) is 5.41. The molecule has 1 aliphatic heterocycles. The molecule has 5 atom stereocenters. The van der Waals surface area contributed by atoms with Crippen molar-refractivity contribution < 1.29 is 44.6 Å². The zero-order valence-corrected chi connectivity index (χ0v) is 10.3. The number of rotatable bonds is 4. The Hall–Kier alpha value is -1.26. The average molecular weight is 280 g/mol. The number of aliphatic carboxylic acids is 2. The SMILES string of the molecule is CC(C)(OC1OC(C(=O)O)C(O)C(O)C1O)C(=O)O. The number of carbonyl (C=O) groups is 2. The molecule has 1 rings (SSSR count). The van der Waals surface area contributed by atoms with Crippen molar-refractivity contribution >= 4 is 11.9 Å². The Morgan fingerprint density at radius 1 is 1.05 bits per heavy atom. The van der Waals surface area contributed by atoms with Gasteiger partial charge < -0.3 is 35.0 Å². The molecule has 1 aliphatic rings. The van der Waals surface area contributed by atoms with Crippen molar-refractivity contribution in [2.75, 3.05) is 0 Å². The molecular formula is C10H16O9. The van der Waals surface area contributed by atoms with Crippen molar-refractivity contribution in [1.29, 1.82) is 0 Å². The third kappa shape index (κ3) is 3.19. The molecule has 19 heavy (non-hydrogen) atoms. The zero-order valence-electron chi connectivity index (χ0n) is 10.3. The maximum Gasteiger partial charge on any atom is 0.335 e. The molecule has 9 nitrogen and oxygen atoms in total. The summed E-state index contributed by atoms with van der Waals surface area (Å²) in [5.41, 5.74) is -1.77. The van der Waals surface area contributed by atoms with Gasteiger partial charge in [-0.15, -0.1) is 0 Å². The van der Waals surface area contributed by atoms with E-state index in [-0.39, 0.29) is 0 Å². The van der Waals surface area contributed by atoms with Crippen LogP contribution in [0.2, 0.25) is 0 Å². The van der Waals surface area contributed by atoms with E-state index in [1.54, 1.807) is 0 Å². The van der Waals surface area contributed by atoms with E-state index in [1.165, 1.54) is 13.8 Å². The van der Waals surface area contributed by atoms with E-state index in [4.69, 9.17) is 19.7 Å². The maximum atomic E-state index is 10.9. The highest BCUT2D eigenvalue weighted by atomic mass is 16.7. The van der Waals surface area contributed by atoms with Crippen LogP contribution in [0.5, 0.6) is 0 Å². The molecule has 110 valence electrons. The van der Waals surface area contributed by atoms with Gasteiger partial charge in [0.15, 0.2) is 18.0 Å². The second-order valence-electron chi connectivity index (χ2n) is 4.67. The van der Waals surface area contributed by atoms with E-state index in [2.05, 4.69) is 0 Å². The van der Waals surface area contributed by atoms with Crippen LogP contribution < -0.4 is 0 Å². The van der Waals surface area contributed by atoms with Crippen LogP contribution in [0.4, 0.5) is 0 Å².